The van der Waals surface area contributed by atoms with Crippen LogP contribution in [0.4, 0.5) is 0 Å². The van der Waals surface area contributed by atoms with E-state index in [1.807, 2.05) is 31.4 Å². The van der Waals surface area contributed by atoms with E-state index < -0.39 is 0 Å². The first-order chi connectivity index (χ1) is 11.9. The van der Waals surface area contributed by atoms with Gasteiger partial charge in [0.15, 0.2) is 11.2 Å². The van der Waals surface area contributed by atoms with Crippen LogP contribution in [0.25, 0.3) is 11.2 Å². The molecule has 0 saturated heterocycles. The summed E-state index contributed by atoms with van der Waals surface area (Å²) >= 11 is 0. The predicted octanol–water partition coefficient (Wildman–Crippen LogP) is 1.80. The van der Waals surface area contributed by atoms with Gasteiger partial charge in [-0.05, 0) is 33.6 Å². The summed E-state index contributed by atoms with van der Waals surface area (Å²) in [6.07, 6.45) is 3.87. The molecule has 134 valence electrons. The minimum absolute atomic E-state index is 0.0957. The second kappa shape index (κ2) is 6.70. The van der Waals surface area contributed by atoms with Gasteiger partial charge in [0.25, 0.3) is 5.56 Å². The van der Waals surface area contributed by atoms with Gasteiger partial charge < -0.3 is 9.09 Å². The third-order valence-electron chi connectivity index (χ3n) is 4.35. The highest BCUT2D eigenvalue weighted by atomic mass is 16.5. The van der Waals surface area contributed by atoms with E-state index in [2.05, 4.69) is 10.1 Å². The summed E-state index contributed by atoms with van der Waals surface area (Å²) < 4.78 is 9.73. The molecular formula is C17H23N5O3. The van der Waals surface area contributed by atoms with Gasteiger partial charge in [-0.3, -0.25) is 13.9 Å². The third kappa shape index (κ3) is 3.16. The van der Waals surface area contributed by atoms with E-state index in [1.165, 1.54) is 9.13 Å². The molecule has 0 aromatic carbocycles. The SMILES string of the molecule is Cc1cc(CCCCn2c(=O)c3c(ncn3C(C)C)n(C)c2=O)on1. The third-order valence-corrected chi connectivity index (χ3v) is 4.35. The number of nitrogens with zero attached hydrogens (tertiary/aromatic N) is 5. The molecule has 0 N–H and O–H groups in total. The van der Waals surface area contributed by atoms with Gasteiger partial charge >= 0.3 is 5.69 Å². The molecule has 0 saturated carbocycles. The zero-order valence-electron chi connectivity index (χ0n) is 15.0. The molecule has 0 unspecified atom stereocenters. The van der Waals surface area contributed by atoms with Crippen molar-refractivity contribution in [3.63, 3.8) is 0 Å². The van der Waals surface area contributed by atoms with Crippen molar-refractivity contribution in [1.29, 1.82) is 0 Å². The van der Waals surface area contributed by atoms with E-state index in [4.69, 9.17) is 4.52 Å². The first-order valence-corrected chi connectivity index (χ1v) is 8.48. The number of rotatable bonds is 6. The van der Waals surface area contributed by atoms with Crippen molar-refractivity contribution in [2.45, 2.75) is 52.6 Å². The Hall–Kier alpha value is -2.64. The Morgan fingerprint density at radius 2 is 2.00 bits per heavy atom. The number of unbranched alkanes of at least 4 members (excludes halogenated alkanes) is 1. The average molecular weight is 345 g/mol. The Labute approximate surface area is 144 Å². The lowest BCUT2D eigenvalue weighted by Crippen LogP contribution is -2.39. The molecule has 0 bridgehead atoms. The van der Waals surface area contributed by atoms with Crippen molar-refractivity contribution >= 4 is 11.2 Å². The second-order valence-corrected chi connectivity index (χ2v) is 6.61. The number of aryl methyl sites for hydroxylation is 3. The quantitative estimate of drug-likeness (QED) is 0.636. The van der Waals surface area contributed by atoms with Gasteiger partial charge in [0, 0.05) is 32.1 Å². The number of hydrogen-bond donors (Lipinski definition) is 0. The normalized spacial score (nSPS) is 11.7. The molecule has 3 heterocycles. The molecule has 0 radical (unpaired) electrons. The van der Waals surface area contributed by atoms with Gasteiger partial charge in [-0.2, -0.15) is 0 Å². The fraction of sp³-hybridized carbons (Fsp3) is 0.529. The summed E-state index contributed by atoms with van der Waals surface area (Å²) in [6, 6.07) is 2.00. The number of hydrogen-bond acceptors (Lipinski definition) is 5. The van der Waals surface area contributed by atoms with Crippen LogP contribution in [0, 0.1) is 6.92 Å². The van der Waals surface area contributed by atoms with Crippen LogP contribution >= 0.6 is 0 Å². The molecule has 0 aliphatic heterocycles. The molecule has 3 rings (SSSR count). The fourth-order valence-electron chi connectivity index (χ4n) is 2.98. The van der Waals surface area contributed by atoms with Gasteiger partial charge in [-0.1, -0.05) is 5.16 Å². The monoisotopic (exact) mass is 345 g/mol. The molecule has 8 nitrogen and oxygen atoms in total. The fourth-order valence-corrected chi connectivity index (χ4v) is 2.98. The van der Waals surface area contributed by atoms with E-state index in [9.17, 15) is 9.59 Å². The molecule has 0 amide bonds. The lowest BCUT2D eigenvalue weighted by Gasteiger charge is -2.11. The largest absolute Gasteiger partial charge is 0.361 e. The van der Waals surface area contributed by atoms with Crippen LogP contribution in [-0.2, 0) is 20.0 Å². The van der Waals surface area contributed by atoms with Crippen LogP contribution in [0.3, 0.4) is 0 Å². The molecule has 0 spiro atoms. The van der Waals surface area contributed by atoms with Crippen LogP contribution < -0.4 is 11.2 Å². The van der Waals surface area contributed by atoms with E-state index in [1.54, 1.807) is 13.4 Å². The molecule has 0 atom stereocenters. The molecule has 3 aromatic rings. The topological polar surface area (TPSA) is 87.9 Å². The highest BCUT2D eigenvalue weighted by Crippen LogP contribution is 2.12. The lowest BCUT2D eigenvalue weighted by molar-refractivity contribution is 0.374. The van der Waals surface area contributed by atoms with Crippen LogP contribution in [0.5, 0.6) is 0 Å². The highest BCUT2D eigenvalue weighted by molar-refractivity contribution is 5.70. The Morgan fingerprint density at radius 3 is 2.64 bits per heavy atom. The summed E-state index contributed by atoms with van der Waals surface area (Å²) in [4.78, 5) is 29.5. The Balaban J connectivity index is 1.84. The van der Waals surface area contributed by atoms with Crippen molar-refractivity contribution in [2.75, 3.05) is 0 Å². The van der Waals surface area contributed by atoms with E-state index in [-0.39, 0.29) is 17.3 Å². The first-order valence-electron chi connectivity index (χ1n) is 8.48. The van der Waals surface area contributed by atoms with Crippen LogP contribution in [0.2, 0.25) is 0 Å². The molecule has 8 heteroatoms. The smallest absolute Gasteiger partial charge is 0.332 e. The number of aromatic nitrogens is 5. The van der Waals surface area contributed by atoms with Crippen LogP contribution in [0.1, 0.15) is 44.2 Å². The molecule has 25 heavy (non-hydrogen) atoms. The van der Waals surface area contributed by atoms with Gasteiger partial charge in [0.2, 0.25) is 0 Å². The minimum atomic E-state index is -0.331. The summed E-state index contributed by atoms with van der Waals surface area (Å²) in [5, 5.41) is 3.85. The Kier molecular flexibility index (Phi) is 4.61. The van der Waals surface area contributed by atoms with Crippen molar-refractivity contribution in [3.05, 3.63) is 44.7 Å². The second-order valence-electron chi connectivity index (χ2n) is 6.61. The maximum atomic E-state index is 12.8. The summed E-state index contributed by atoms with van der Waals surface area (Å²) in [6.45, 7) is 6.21. The zero-order chi connectivity index (χ0) is 18.1. The van der Waals surface area contributed by atoms with E-state index >= 15 is 0 Å². The van der Waals surface area contributed by atoms with Crippen molar-refractivity contribution in [1.82, 2.24) is 23.8 Å². The van der Waals surface area contributed by atoms with Crippen molar-refractivity contribution in [2.24, 2.45) is 7.05 Å². The standard InChI is InChI=1S/C17H23N5O3/c1-11(2)22-10-18-15-14(22)16(23)21(17(24)20(15)4)8-6-5-7-13-9-12(3)19-25-13/h9-11H,5-8H2,1-4H3. The maximum Gasteiger partial charge on any atom is 0.332 e. The van der Waals surface area contributed by atoms with Crippen molar-refractivity contribution in [3.8, 4) is 0 Å². The van der Waals surface area contributed by atoms with Gasteiger partial charge in [0.1, 0.15) is 5.76 Å². The lowest BCUT2D eigenvalue weighted by atomic mass is 10.2. The van der Waals surface area contributed by atoms with E-state index in [0.717, 1.165) is 24.3 Å². The van der Waals surface area contributed by atoms with Crippen molar-refractivity contribution < 1.29 is 4.52 Å². The molecule has 0 aliphatic carbocycles. The van der Waals surface area contributed by atoms with Gasteiger partial charge in [-0.15, -0.1) is 0 Å². The molecule has 0 fully saturated rings. The number of imidazole rings is 1. The first kappa shape index (κ1) is 17.2. The Morgan fingerprint density at radius 1 is 1.24 bits per heavy atom. The predicted molar refractivity (Wildman–Crippen MR) is 93.8 cm³/mol. The summed E-state index contributed by atoms with van der Waals surface area (Å²) in [5.41, 5.74) is 1.15. The zero-order valence-corrected chi connectivity index (χ0v) is 15.0. The minimum Gasteiger partial charge on any atom is -0.361 e. The van der Waals surface area contributed by atoms with Gasteiger partial charge in [-0.25, -0.2) is 9.78 Å². The summed E-state index contributed by atoms with van der Waals surface area (Å²) in [5.74, 6) is 0.825. The average Bonchev–Trinajstić information content (AvgIpc) is 3.18. The summed E-state index contributed by atoms with van der Waals surface area (Å²) in [7, 11) is 1.65. The maximum absolute atomic E-state index is 12.8. The van der Waals surface area contributed by atoms with Crippen LogP contribution in [0.15, 0.2) is 26.5 Å². The molecule has 0 aliphatic rings. The van der Waals surface area contributed by atoms with E-state index in [0.29, 0.717) is 24.1 Å². The molecular weight excluding hydrogens is 322 g/mol. The molecule has 3 aromatic heterocycles. The van der Waals surface area contributed by atoms with Crippen LogP contribution in [-0.4, -0.2) is 23.8 Å². The number of fused-ring (bicyclic) bond motifs is 1. The Bertz CT molecular complexity index is 1010. The highest BCUT2D eigenvalue weighted by Gasteiger charge is 2.17. The van der Waals surface area contributed by atoms with Gasteiger partial charge in [0.05, 0.1) is 12.0 Å².